The van der Waals surface area contributed by atoms with Gasteiger partial charge in [-0.25, -0.2) is 9.18 Å². The van der Waals surface area contributed by atoms with Gasteiger partial charge in [0.2, 0.25) is 0 Å². The van der Waals surface area contributed by atoms with Crippen molar-refractivity contribution in [3.63, 3.8) is 0 Å². The van der Waals surface area contributed by atoms with Crippen LogP contribution in [-0.2, 0) is 11.2 Å². The Balaban J connectivity index is 1.95. The van der Waals surface area contributed by atoms with Crippen molar-refractivity contribution in [2.75, 3.05) is 18.4 Å². The van der Waals surface area contributed by atoms with Gasteiger partial charge >= 0.3 is 6.09 Å². The number of carbonyl (C=O) groups is 1. The fraction of sp³-hybridized carbons (Fsp3) is 0.588. The SMILES string of the molecule is CC(C)(C)OC(=O)Nc1ccc(CC2CCNCC2)c(F)c1. The molecule has 0 saturated carbocycles. The van der Waals surface area contributed by atoms with Gasteiger partial charge in [0.25, 0.3) is 0 Å². The molecule has 0 radical (unpaired) electrons. The molecule has 4 nitrogen and oxygen atoms in total. The molecule has 2 rings (SSSR count). The molecule has 1 aliphatic heterocycles. The van der Waals surface area contributed by atoms with Crippen LogP contribution in [-0.4, -0.2) is 24.8 Å². The standard InChI is InChI=1S/C17H25FN2O2/c1-17(2,3)22-16(21)20-14-5-4-13(15(18)11-14)10-12-6-8-19-9-7-12/h4-5,11-12,19H,6-10H2,1-3H3,(H,20,21). The fourth-order valence-corrected chi connectivity index (χ4v) is 2.61. The van der Waals surface area contributed by atoms with Crippen LogP contribution in [0.2, 0.25) is 0 Å². The maximum absolute atomic E-state index is 14.2. The van der Waals surface area contributed by atoms with E-state index in [-0.39, 0.29) is 5.82 Å². The molecule has 0 aromatic heterocycles. The number of hydrogen-bond acceptors (Lipinski definition) is 3. The van der Waals surface area contributed by atoms with Crippen molar-refractivity contribution in [2.45, 2.75) is 45.6 Å². The number of halogens is 1. The van der Waals surface area contributed by atoms with E-state index in [9.17, 15) is 9.18 Å². The molecular weight excluding hydrogens is 283 g/mol. The summed E-state index contributed by atoms with van der Waals surface area (Å²) in [5.74, 6) is 0.257. The van der Waals surface area contributed by atoms with Crippen molar-refractivity contribution in [2.24, 2.45) is 5.92 Å². The Labute approximate surface area is 131 Å². The highest BCUT2D eigenvalue weighted by Gasteiger charge is 2.18. The minimum atomic E-state index is -0.572. The molecule has 0 spiro atoms. The summed E-state index contributed by atoms with van der Waals surface area (Å²) in [6, 6.07) is 4.84. The van der Waals surface area contributed by atoms with Gasteiger partial charge in [-0.3, -0.25) is 5.32 Å². The number of rotatable bonds is 3. The number of nitrogens with one attached hydrogen (secondary N) is 2. The van der Waals surface area contributed by atoms with Crippen LogP contribution in [0.25, 0.3) is 0 Å². The highest BCUT2D eigenvalue weighted by Crippen LogP contribution is 2.22. The molecule has 1 heterocycles. The lowest BCUT2D eigenvalue weighted by Crippen LogP contribution is -2.29. The van der Waals surface area contributed by atoms with E-state index in [4.69, 9.17) is 4.74 Å². The van der Waals surface area contributed by atoms with Gasteiger partial charge in [0, 0.05) is 5.69 Å². The van der Waals surface area contributed by atoms with Crippen molar-refractivity contribution >= 4 is 11.8 Å². The molecule has 22 heavy (non-hydrogen) atoms. The highest BCUT2D eigenvalue weighted by molar-refractivity contribution is 5.84. The Morgan fingerprint density at radius 2 is 2.05 bits per heavy atom. The van der Waals surface area contributed by atoms with Crippen LogP contribution in [0.1, 0.15) is 39.2 Å². The van der Waals surface area contributed by atoms with Crippen molar-refractivity contribution in [3.05, 3.63) is 29.6 Å². The van der Waals surface area contributed by atoms with E-state index in [2.05, 4.69) is 10.6 Å². The van der Waals surface area contributed by atoms with Crippen LogP contribution in [0.3, 0.4) is 0 Å². The smallest absolute Gasteiger partial charge is 0.412 e. The maximum atomic E-state index is 14.2. The number of carbonyl (C=O) groups excluding carboxylic acids is 1. The topological polar surface area (TPSA) is 50.4 Å². The van der Waals surface area contributed by atoms with E-state index in [1.165, 1.54) is 6.07 Å². The molecule has 1 saturated heterocycles. The zero-order chi connectivity index (χ0) is 16.2. The van der Waals surface area contributed by atoms with Crippen LogP contribution in [0.15, 0.2) is 18.2 Å². The van der Waals surface area contributed by atoms with E-state index >= 15 is 0 Å². The lowest BCUT2D eigenvalue weighted by Gasteiger charge is -2.23. The first-order valence-electron chi connectivity index (χ1n) is 7.82. The summed E-state index contributed by atoms with van der Waals surface area (Å²) in [7, 11) is 0. The van der Waals surface area contributed by atoms with E-state index in [1.807, 2.05) is 0 Å². The van der Waals surface area contributed by atoms with Crippen LogP contribution < -0.4 is 10.6 Å². The monoisotopic (exact) mass is 308 g/mol. The minimum Gasteiger partial charge on any atom is -0.444 e. The molecule has 2 N–H and O–H groups in total. The van der Waals surface area contributed by atoms with Crippen molar-refractivity contribution in [3.8, 4) is 0 Å². The van der Waals surface area contributed by atoms with Crippen LogP contribution in [0.5, 0.6) is 0 Å². The zero-order valence-electron chi connectivity index (χ0n) is 13.5. The first kappa shape index (κ1) is 16.7. The first-order chi connectivity index (χ1) is 10.3. The highest BCUT2D eigenvalue weighted by atomic mass is 19.1. The molecule has 1 aromatic rings. The number of benzene rings is 1. The predicted octanol–water partition coefficient (Wildman–Crippen LogP) is 3.71. The lowest BCUT2D eigenvalue weighted by molar-refractivity contribution is 0.0636. The van der Waals surface area contributed by atoms with Crippen molar-refractivity contribution < 1.29 is 13.9 Å². The normalized spacial score (nSPS) is 16.4. The molecule has 1 aliphatic rings. The molecular formula is C17H25FN2O2. The van der Waals surface area contributed by atoms with Gasteiger partial charge in [0.05, 0.1) is 0 Å². The number of amides is 1. The fourth-order valence-electron chi connectivity index (χ4n) is 2.61. The number of hydrogen-bond donors (Lipinski definition) is 2. The summed E-state index contributed by atoms with van der Waals surface area (Å²) < 4.78 is 19.3. The second-order valence-corrected chi connectivity index (χ2v) is 6.83. The summed E-state index contributed by atoms with van der Waals surface area (Å²) >= 11 is 0. The Kier molecular flexibility index (Phi) is 5.40. The Morgan fingerprint density at radius 1 is 1.36 bits per heavy atom. The van der Waals surface area contributed by atoms with E-state index < -0.39 is 11.7 Å². The molecule has 122 valence electrons. The molecule has 1 aromatic carbocycles. The van der Waals surface area contributed by atoms with Gasteiger partial charge in [-0.2, -0.15) is 0 Å². The van der Waals surface area contributed by atoms with E-state index in [1.54, 1.807) is 32.9 Å². The van der Waals surface area contributed by atoms with Gasteiger partial charge in [-0.1, -0.05) is 6.07 Å². The second kappa shape index (κ2) is 7.09. The molecule has 0 atom stereocenters. The summed E-state index contributed by atoms with van der Waals surface area (Å²) in [4.78, 5) is 11.7. The first-order valence-corrected chi connectivity index (χ1v) is 7.82. The van der Waals surface area contributed by atoms with Gasteiger partial charge in [0.15, 0.2) is 0 Å². The predicted molar refractivity (Wildman–Crippen MR) is 85.6 cm³/mol. The molecule has 1 fully saturated rings. The quantitative estimate of drug-likeness (QED) is 0.895. The second-order valence-electron chi connectivity index (χ2n) is 6.83. The van der Waals surface area contributed by atoms with Gasteiger partial charge < -0.3 is 10.1 Å². The minimum absolute atomic E-state index is 0.271. The third kappa shape index (κ3) is 5.30. The molecule has 0 bridgehead atoms. The Hall–Kier alpha value is -1.62. The molecule has 0 aliphatic carbocycles. The summed E-state index contributed by atoms with van der Waals surface area (Å²) in [6.45, 7) is 7.37. The molecule has 1 amide bonds. The largest absolute Gasteiger partial charge is 0.444 e. The van der Waals surface area contributed by atoms with Crippen LogP contribution in [0.4, 0.5) is 14.9 Å². The maximum Gasteiger partial charge on any atom is 0.412 e. The van der Waals surface area contributed by atoms with E-state index in [0.717, 1.165) is 32.4 Å². The van der Waals surface area contributed by atoms with Gasteiger partial charge in [-0.05, 0) is 76.7 Å². The summed E-state index contributed by atoms with van der Waals surface area (Å²) in [6.07, 6.45) is 2.34. The number of piperidine rings is 1. The average molecular weight is 308 g/mol. The van der Waals surface area contributed by atoms with Crippen LogP contribution >= 0.6 is 0 Å². The number of ether oxygens (including phenoxy) is 1. The average Bonchev–Trinajstić information content (AvgIpc) is 2.41. The summed E-state index contributed by atoms with van der Waals surface area (Å²) in [5, 5.41) is 5.87. The van der Waals surface area contributed by atoms with Crippen molar-refractivity contribution in [1.29, 1.82) is 0 Å². The Morgan fingerprint density at radius 3 is 2.64 bits per heavy atom. The van der Waals surface area contributed by atoms with Crippen molar-refractivity contribution in [1.82, 2.24) is 5.32 Å². The zero-order valence-corrected chi connectivity index (χ0v) is 13.5. The van der Waals surface area contributed by atoms with Gasteiger partial charge in [0.1, 0.15) is 11.4 Å². The van der Waals surface area contributed by atoms with E-state index in [0.29, 0.717) is 17.2 Å². The van der Waals surface area contributed by atoms with Crippen LogP contribution in [0, 0.1) is 11.7 Å². The third-order valence-corrected chi connectivity index (χ3v) is 3.67. The third-order valence-electron chi connectivity index (χ3n) is 3.67. The van der Waals surface area contributed by atoms with Gasteiger partial charge in [-0.15, -0.1) is 0 Å². The Bertz CT molecular complexity index is 520. The molecule has 5 heteroatoms. The lowest BCUT2D eigenvalue weighted by atomic mass is 9.91. The number of anilines is 1. The molecule has 0 unspecified atom stereocenters. The summed E-state index contributed by atoms with van der Waals surface area (Å²) in [5.41, 5.74) is 0.555.